The van der Waals surface area contributed by atoms with Gasteiger partial charge in [-0.15, -0.1) is 0 Å². The second-order valence-corrected chi connectivity index (χ2v) is 5.55. The molecule has 2 aromatic rings. The van der Waals surface area contributed by atoms with Gasteiger partial charge in [0.1, 0.15) is 11.5 Å². The Labute approximate surface area is 133 Å². The molecule has 0 fully saturated rings. The van der Waals surface area contributed by atoms with Crippen LogP contribution < -0.4 is 4.74 Å². The Bertz CT molecular complexity index is 572. The van der Waals surface area contributed by atoms with Gasteiger partial charge in [0, 0.05) is 11.5 Å². The molecule has 0 N–H and O–H groups in total. The number of ketones is 1. The molecule has 0 spiro atoms. The molecule has 1 atom stereocenters. The predicted octanol–water partition coefficient (Wildman–Crippen LogP) is 5.88. The smallest absolute Gasteiger partial charge is 0.165 e. The van der Waals surface area contributed by atoms with E-state index in [0.29, 0.717) is 0 Å². The zero-order chi connectivity index (χ0) is 15.8. The minimum Gasteiger partial charge on any atom is -0.457 e. The molecule has 0 aliphatic rings. The first-order valence-electron chi connectivity index (χ1n) is 8.11. The van der Waals surface area contributed by atoms with Crippen LogP contribution in [0.4, 0.5) is 0 Å². The van der Waals surface area contributed by atoms with Gasteiger partial charge in [0.2, 0.25) is 0 Å². The fraction of sp³-hybridized carbons (Fsp3) is 0.350. The highest BCUT2D eigenvalue weighted by atomic mass is 16.5. The van der Waals surface area contributed by atoms with Crippen molar-refractivity contribution in [2.24, 2.45) is 5.92 Å². The first kappa shape index (κ1) is 16.3. The number of carbonyl (C=O) groups is 1. The lowest BCUT2D eigenvalue weighted by molar-refractivity contribution is 0.0908. The molecule has 2 nitrogen and oxygen atoms in total. The molecule has 0 aliphatic heterocycles. The number of para-hydroxylation sites is 1. The third kappa shape index (κ3) is 4.45. The quantitative estimate of drug-likeness (QED) is 0.569. The monoisotopic (exact) mass is 296 g/mol. The summed E-state index contributed by atoms with van der Waals surface area (Å²) in [7, 11) is 0. The van der Waals surface area contributed by atoms with Crippen LogP contribution in [0.1, 0.15) is 49.9 Å². The van der Waals surface area contributed by atoms with Crippen LogP contribution in [0.5, 0.6) is 11.5 Å². The van der Waals surface area contributed by atoms with Crippen molar-refractivity contribution in [3.05, 3.63) is 60.2 Å². The minimum atomic E-state index is 0.140. The normalized spacial score (nSPS) is 11.9. The van der Waals surface area contributed by atoms with E-state index in [9.17, 15) is 4.79 Å². The first-order valence-corrected chi connectivity index (χ1v) is 8.11. The summed E-state index contributed by atoms with van der Waals surface area (Å²) in [6.45, 7) is 4.25. The topological polar surface area (TPSA) is 26.3 Å². The Morgan fingerprint density at radius 1 is 0.955 bits per heavy atom. The molecule has 0 amide bonds. The lowest BCUT2D eigenvalue weighted by atomic mass is 9.91. The van der Waals surface area contributed by atoms with Crippen molar-refractivity contribution < 1.29 is 9.53 Å². The van der Waals surface area contributed by atoms with Crippen molar-refractivity contribution >= 4 is 5.78 Å². The summed E-state index contributed by atoms with van der Waals surface area (Å²) in [6, 6.07) is 17.1. The molecule has 0 radical (unpaired) electrons. The first-order chi connectivity index (χ1) is 10.7. The summed E-state index contributed by atoms with van der Waals surface area (Å²) in [4.78, 5) is 12.5. The molecule has 0 heterocycles. The van der Waals surface area contributed by atoms with E-state index in [4.69, 9.17) is 4.74 Å². The van der Waals surface area contributed by atoms with Crippen LogP contribution in [0.15, 0.2) is 54.6 Å². The van der Waals surface area contributed by atoms with Gasteiger partial charge in [0.25, 0.3) is 0 Å². The number of rotatable bonds is 8. The summed E-state index contributed by atoms with van der Waals surface area (Å²) in [5, 5.41) is 0. The number of hydrogen-bond donors (Lipinski definition) is 0. The molecule has 1 unspecified atom stereocenters. The van der Waals surface area contributed by atoms with Crippen molar-refractivity contribution in [1.82, 2.24) is 0 Å². The number of benzene rings is 2. The van der Waals surface area contributed by atoms with Gasteiger partial charge >= 0.3 is 0 Å². The van der Waals surface area contributed by atoms with Crippen molar-refractivity contribution in [1.29, 1.82) is 0 Å². The molecule has 116 valence electrons. The number of hydrogen-bond acceptors (Lipinski definition) is 2. The second-order valence-electron chi connectivity index (χ2n) is 5.55. The summed E-state index contributed by atoms with van der Waals surface area (Å²) < 4.78 is 5.75. The largest absolute Gasteiger partial charge is 0.457 e. The highest BCUT2D eigenvalue weighted by molar-refractivity contribution is 5.97. The highest BCUT2D eigenvalue weighted by Crippen LogP contribution is 2.24. The molecule has 22 heavy (non-hydrogen) atoms. The van der Waals surface area contributed by atoms with E-state index in [0.717, 1.165) is 42.7 Å². The van der Waals surface area contributed by atoms with Crippen LogP contribution >= 0.6 is 0 Å². The van der Waals surface area contributed by atoms with Crippen molar-refractivity contribution in [3.63, 3.8) is 0 Å². The Balaban J connectivity index is 2.03. The third-order valence-corrected chi connectivity index (χ3v) is 3.89. The van der Waals surface area contributed by atoms with Crippen LogP contribution in [0, 0.1) is 5.92 Å². The van der Waals surface area contributed by atoms with Crippen molar-refractivity contribution in [2.45, 2.75) is 39.5 Å². The molecule has 2 aromatic carbocycles. The molecule has 0 aliphatic carbocycles. The van der Waals surface area contributed by atoms with Crippen LogP contribution in [-0.4, -0.2) is 5.78 Å². The standard InChI is InChI=1S/C20H24O2/c1-3-5-9-16(4-2)20(21)17-12-14-19(15-13-17)22-18-10-7-6-8-11-18/h6-8,10-16H,3-5,9H2,1-2H3. The lowest BCUT2D eigenvalue weighted by Crippen LogP contribution is -2.13. The minimum absolute atomic E-state index is 0.140. The summed E-state index contributed by atoms with van der Waals surface area (Å²) in [5.74, 6) is 1.95. The number of unbranched alkanes of at least 4 members (excludes halogenated alkanes) is 1. The van der Waals surface area contributed by atoms with E-state index in [1.165, 1.54) is 0 Å². The van der Waals surface area contributed by atoms with Gasteiger partial charge in [0.05, 0.1) is 0 Å². The third-order valence-electron chi connectivity index (χ3n) is 3.89. The average Bonchev–Trinajstić information content (AvgIpc) is 2.57. The maximum atomic E-state index is 12.5. The molecule has 2 heteroatoms. The van der Waals surface area contributed by atoms with Crippen LogP contribution in [0.2, 0.25) is 0 Å². The number of ether oxygens (including phenoxy) is 1. The van der Waals surface area contributed by atoms with Crippen molar-refractivity contribution in [2.75, 3.05) is 0 Å². The number of carbonyl (C=O) groups excluding carboxylic acids is 1. The Morgan fingerprint density at radius 2 is 1.59 bits per heavy atom. The van der Waals surface area contributed by atoms with E-state index in [2.05, 4.69) is 13.8 Å². The lowest BCUT2D eigenvalue weighted by Gasteiger charge is -2.13. The fourth-order valence-electron chi connectivity index (χ4n) is 2.52. The predicted molar refractivity (Wildman–Crippen MR) is 90.6 cm³/mol. The number of Topliss-reactive ketones (excluding diaryl/α,β-unsaturated/α-hetero) is 1. The van der Waals surface area contributed by atoms with Gasteiger partial charge in [0.15, 0.2) is 5.78 Å². The van der Waals surface area contributed by atoms with Gasteiger partial charge in [-0.2, -0.15) is 0 Å². The summed E-state index contributed by atoms with van der Waals surface area (Å²) >= 11 is 0. The van der Waals surface area contributed by atoms with Gasteiger partial charge < -0.3 is 4.74 Å². The molecule has 0 bridgehead atoms. The molecule has 0 saturated heterocycles. The van der Waals surface area contributed by atoms with E-state index in [1.54, 1.807) is 0 Å². The Kier molecular flexibility index (Phi) is 6.20. The van der Waals surface area contributed by atoms with Crippen LogP contribution in [0.3, 0.4) is 0 Å². The van der Waals surface area contributed by atoms with E-state index in [-0.39, 0.29) is 11.7 Å². The van der Waals surface area contributed by atoms with Crippen LogP contribution in [0.25, 0.3) is 0 Å². The zero-order valence-electron chi connectivity index (χ0n) is 13.4. The second kappa shape index (κ2) is 8.38. The van der Waals surface area contributed by atoms with Crippen LogP contribution in [-0.2, 0) is 0 Å². The molecule has 0 aromatic heterocycles. The highest BCUT2D eigenvalue weighted by Gasteiger charge is 2.17. The fourth-order valence-corrected chi connectivity index (χ4v) is 2.52. The SMILES string of the molecule is CCCCC(CC)C(=O)c1ccc(Oc2ccccc2)cc1. The Hall–Kier alpha value is -2.09. The molecule has 0 saturated carbocycles. The van der Waals surface area contributed by atoms with Crippen molar-refractivity contribution in [3.8, 4) is 11.5 Å². The zero-order valence-corrected chi connectivity index (χ0v) is 13.4. The molecular formula is C20H24O2. The Morgan fingerprint density at radius 3 is 2.18 bits per heavy atom. The molecular weight excluding hydrogens is 272 g/mol. The van der Waals surface area contributed by atoms with Gasteiger partial charge in [-0.25, -0.2) is 0 Å². The van der Waals surface area contributed by atoms with Gasteiger partial charge in [-0.3, -0.25) is 4.79 Å². The average molecular weight is 296 g/mol. The van der Waals surface area contributed by atoms with Gasteiger partial charge in [-0.05, 0) is 49.2 Å². The van der Waals surface area contributed by atoms with E-state index >= 15 is 0 Å². The van der Waals surface area contributed by atoms with E-state index in [1.807, 2.05) is 54.6 Å². The maximum absolute atomic E-state index is 12.5. The summed E-state index contributed by atoms with van der Waals surface area (Å²) in [6.07, 6.45) is 4.13. The summed E-state index contributed by atoms with van der Waals surface area (Å²) in [5.41, 5.74) is 0.781. The van der Waals surface area contributed by atoms with E-state index < -0.39 is 0 Å². The molecule has 2 rings (SSSR count). The van der Waals surface area contributed by atoms with Gasteiger partial charge in [-0.1, -0.05) is 44.9 Å². The maximum Gasteiger partial charge on any atom is 0.165 e.